The van der Waals surface area contributed by atoms with E-state index in [2.05, 4.69) is 5.32 Å². The summed E-state index contributed by atoms with van der Waals surface area (Å²) >= 11 is 0. The lowest BCUT2D eigenvalue weighted by Crippen LogP contribution is -2.53. The molecule has 3 aromatic carbocycles. The van der Waals surface area contributed by atoms with Crippen molar-refractivity contribution >= 4 is 27.5 Å². The highest BCUT2D eigenvalue weighted by molar-refractivity contribution is 7.92. The standard InChI is InChI=1S/C32H41N3O4S/c1-6-7-19-33-32(37)30(21-27-11-9-8-10-12-27)34(22-28-17-14-24(2)15-18-28)31(36)23-35(40(5,38)39)29-20-25(3)13-16-26(29)4/h8-18,20,30H,6-7,19,21-23H2,1-5H3,(H,33,37)/t30-/m1/s1. The Morgan fingerprint density at radius 1 is 0.875 bits per heavy atom. The quantitative estimate of drug-likeness (QED) is 0.299. The Labute approximate surface area is 239 Å². The van der Waals surface area contributed by atoms with Crippen LogP contribution >= 0.6 is 0 Å². The van der Waals surface area contributed by atoms with Gasteiger partial charge in [-0.05, 0) is 55.5 Å². The fraction of sp³-hybridized carbons (Fsp3) is 0.375. The number of hydrogen-bond donors (Lipinski definition) is 1. The van der Waals surface area contributed by atoms with Gasteiger partial charge < -0.3 is 10.2 Å². The second-order valence-electron chi connectivity index (χ2n) is 10.4. The Balaban J connectivity index is 2.05. The first-order valence-corrected chi connectivity index (χ1v) is 15.6. The summed E-state index contributed by atoms with van der Waals surface area (Å²) in [5.74, 6) is -0.700. The zero-order valence-electron chi connectivity index (χ0n) is 24.2. The number of carbonyl (C=O) groups excluding carboxylic acids is 2. The van der Waals surface area contributed by atoms with Crippen molar-refractivity contribution in [3.63, 3.8) is 0 Å². The highest BCUT2D eigenvalue weighted by atomic mass is 32.2. The SMILES string of the molecule is CCCCNC(=O)[C@@H](Cc1ccccc1)N(Cc1ccc(C)cc1)C(=O)CN(c1cc(C)ccc1C)S(C)(=O)=O. The summed E-state index contributed by atoms with van der Waals surface area (Å²) in [4.78, 5) is 29.3. The van der Waals surface area contributed by atoms with Crippen LogP contribution in [-0.4, -0.2) is 50.5 Å². The minimum atomic E-state index is -3.80. The Bertz CT molecular complexity index is 1390. The molecule has 0 heterocycles. The van der Waals surface area contributed by atoms with E-state index in [0.29, 0.717) is 18.7 Å². The number of rotatable bonds is 13. The first-order valence-electron chi connectivity index (χ1n) is 13.7. The molecule has 0 saturated carbocycles. The molecule has 40 heavy (non-hydrogen) atoms. The minimum Gasteiger partial charge on any atom is -0.354 e. The van der Waals surface area contributed by atoms with Crippen molar-refractivity contribution in [1.82, 2.24) is 10.2 Å². The van der Waals surface area contributed by atoms with E-state index < -0.39 is 28.5 Å². The molecule has 214 valence electrons. The summed E-state index contributed by atoms with van der Waals surface area (Å²) in [7, 11) is -3.80. The Morgan fingerprint density at radius 3 is 2.15 bits per heavy atom. The van der Waals surface area contributed by atoms with Crippen LogP contribution in [0, 0.1) is 20.8 Å². The summed E-state index contributed by atoms with van der Waals surface area (Å²) in [5, 5.41) is 3.00. The maximum absolute atomic E-state index is 14.1. The van der Waals surface area contributed by atoms with E-state index in [9.17, 15) is 18.0 Å². The van der Waals surface area contributed by atoms with E-state index >= 15 is 0 Å². The molecule has 0 fully saturated rings. The number of unbranched alkanes of at least 4 members (excludes halogenated alkanes) is 1. The molecule has 0 saturated heterocycles. The molecule has 1 atom stereocenters. The van der Waals surface area contributed by atoms with E-state index in [1.165, 1.54) is 4.90 Å². The van der Waals surface area contributed by atoms with Crippen LogP contribution in [0.25, 0.3) is 0 Å². The van der Waals surface area contributed by atoms with Crippen LogP contribution in [0.2, 0.25) is 0 Å². The lowest BCUT2D eigenvalue weighted by Gasteiger charge is -2.34. The van der Waals surface area contributed by atoms with Crippen LogP contribution in [0.5, 0.6) is 0 Å². The van der Waals surface area contributed by atoms with E-state index in [1.807, 2.05) is 94.4 Å². The highest BCUT2D eigenvalue weighted by Crippen LogP contribution is 2.25. The van der Waals surface area contributed by atoms with Crippen LogP contribution in [0.4, 0.5) is 5.69 Å². The average molecular weight is 564 g/mol. The third-order valence-electron chi connectivity index (χ3n) is 6.89. The van der Waals surface area contributed by atoms with Gasteiger partial charge in [0.15, 0.2) is 0 Å². The van der Waals surface area contributed by atoms with Crippen molar-refractivity contribution in [2.24, 2.45) is 0 Å². The van der Waals surface area contributed by atoms with Crippen molar-refractivity contribution in [3.8, 4) is 0 Å². The number of sulfonamides is 1. The molecule has 2 amide bonds. The molecule has 0 unspecified atom stereocenters. The predicted octanol–water partition coefficient (Wildman–Crippen LogP) is 4.93. The van der Waals surface area contributed by atoms with Gasteiger partial charge in [0.1, 0.15) is 12.6 Å². The van der Waals surface area contributed by atoms with E-state index in [-0.39, 0.29) is 12.5 Å². The number of carbonyl (C=O) groups is 2. The summed E-state index contributed by atoms with van der Waals surface area (Å²) in [5.41, 5.74) is 4.93. The van der Waals surface area contributed by atoms with Gasteiger partial charge in [-0.2, -0.15) is 0 Å². The molecule has 7 nitrogen and oxygen atoms in total. The number of benzene rings is 3. The van der Waals surface area contributed by atoms with Crippen molar-refractivity contribution in [2.45, 2.75) is 59.5 Å². The predicted molar refractivity (Wildman–Crippen MR) is 162 cm³/mol. The van der Waals surface area contributed by atoms with Gasteiger partial charge in [0.25, 0.3) is 0 Å². The van der Waals surface area contributed by atoms with Crippen molar-refractivity contribution < 1.29 is 18.0 Å². The van der Waals surface area contributed by atoms with Crippen LogP contribution in [0.15, 0.2) is 72.8 Å². The molecule has 0 bridgehead atoms. The third-order valence-corrected chi connectivity index (χ3v) is 8.01. The van der Waals surface area contributed by atoms with Crippen LogP contribution < -0.4 is 9.62 Å². The fourth-order valence-electron chi connectivity index (χ4n) is 4.53. The minimum absolute atomic E-state index is 0.169. The van der Waals surface area contributed by atoms with E-state index in [1.54, 1.807) is 6.07 Å². The largest absolute Gasteiger partial charge is 0.354 e. The zero-order chi connectivity index (χ0) is 29.3. The number of nitrogens with zero attached hydrogens (tertiary/aromatic N) is 2. The smallest absolute Gasteiger partial charge is 0.244 e. The van der Waals surface area contributed by atoms with Gasteiger partial charge >= 0.3 is 0 Å². The number of hydrogen-bond acceptors (Lipinski definition) is 4. The zero-order valence-corrected chi connectivity index (χ0v) is 25.0. The molecule has 3 aromatic rings. The molecule has 0 aliphatic heterocycles. The third kappa shape index (κ3) is 8.68. The van der Waals surface area contributed by atoms with Gasteiger partial charge in [0.05, 0.1) is 11.9 Å². The topological polar surface area (TPSA) is 86.8 Å². The summed E-state index contributed by atoms with van der Waals surface area (Å²) in [6, 6.07) is 22.1. The summed E-state index contributed by atoms with van der Waals surface area (Å²) in [6.45, 7) is 8.00. The van der Waals surface area contributed by atoms with Gasteiger partial charge in [-0.15, -0.1) is 0 Å². The molecular weight excluding hydrogens is 522 g/mol. The Morgan fingerprint density at radius 2 is 1.52 bits per heavy atom. The normalized spacial score (nSPS) is 12.0. The lowest BCUT2D eigenvalue weighted by atomic mass is 10.0. The molecule has 0 aliphatic rings. The molecule has 0 radical (unpaired) electrons. The van der Waals surface area contributed by atoms with Gasteiger partial charge in [0, 0.05) is 19.5 Å². The van der Waals surface area contributed by atoms with Crippen LogP contribution in [-0.2, 0) is 32.6 Å². The second kappa shape index (κ2) is 14.1. The van der Waals surface area contributed by atoms with Gasteiger partial charge in [-0.25, -0.2) is 8.42 Å². The molecule has 1 N–H and O–H groups in total. The van der Waals surface area contributed by atoms with E-state index in [0.717, 1.165) is 51.2 Å². The molecular formula is C32H41N3O4S. The molecule has 3 rings (SSSR count). The monoisotopic (exact) mass is 563 g/mol. The van der Waals surface area contributed by atoms with Gasteiger partial charge in [-0.1, -0.05) is 85.6 Å². The first kappa shape index (κ1) is 30.9. The maximum atomic E-state index is 14.1. The Hall–Kier alpha value is -3.65. The first-order chi connectivity index (χ1) is 19.0. The van der Waals surface area contributed by atoms with Crippen LogP contribution in [0.1, 0.15) is 47.6 Å². The van der Waals surface area contributed by atoms with Crippen molar-refractivity contribution in [1.29, 1.82) is 0 Å². The number of nitrogens with one attached hydrogen (secondary N) is 1. The van der Waals surface area contributed by atoms with Crippen molar-refractivity contribution in [3.05, 3.63) is 101 Å². The molecule has 0 aromatic heterocycles. The van der Waals surface area contributed by atoms with Crippen molar-refractivity contribution in [2.75, 3.05) is 23.7 Å². The summed E-state index contributed by atoms with van der Waals surface area (Å²) < 4.78 is 27.1. The van der Waals surface area contributed by atoms with Gasteiger partial charge in [0.2, 0.25) is 21.8 Å². The maximum Gasteiger partial charge on any atom is 0.244 e. The van der Waals surface area contributed by atoms with Gasteiger partial charge in [-0.3, -0.25) is 13.9 Å². The fourth-order valence-corrected chi connectivity index (χ4v) is 5.43. The molecule has 0 spiro atoms. The number of amides is 2. The lowest BCUT2D eigenvalue weighted by molar-refractivity contribution is -0.140. The summed E-state index contributed by atoms with van der Waals surface area (Å²) in [6.07, 6.45) is 3.16. The highest BCUT2D eigenvalue weighted by Gasteiger charge is 2.33. The number of anilines is 1. The average Bonchev–Trinajstić information content (AvgIpc) is 2.91. The second-order valence-corrected chi connectivity index (χ2v) is 12.3. The Kier molecular flexibility index (Phi) is 10.9. The van der Waals surface area contributed by atoms with E-state index in [4.69, 9.17) is 0 Å². The molecule has 8 heteroatoms. The molecule has 0 aliphatic carbocycles. The van der Waals surface area contributed by atoms with Crippen LogP contribution in [0.3, 0.4) is 0 Å². The number of aryl methyl sites for hydroxylation is 3.